The Labute approximate surface area is 150 Å². The maximum atomic E-state index is 13.3. The zero-order chi connectivity index (χ0) is 18.0. The van der Waals surface area contributed by atoms with E-state index in [2.05, 4.69) is 39.4 Å². The fourth-order valence-electron chi connectivity index (χ4n) is 3.08. The molecule has 0 saturated carbocycles. The van der Waals surface area contributed by atoms with Gasteiger partial charge in [0, 0.05) is 30.9 Å². The minimum Gasteiger partial charge on any atom is -0.368 e. The van der Waals surface area contributed by atoms with E-state index in [1.165, 1.54) is 12.3 Å². The van der Waals surface area contributed by atoms with Gasteiger partial charge in [-0.2, -0.15) is 4.39 Å². The molecule has 134 valence electrons. The Balaban J connectivity index is 1.85. The normalized spacial score (nSPS) is 19.6. The number of nitrogens with zero attached hydrogens (tertiary/aromatic N) is 2. The Morgan fingerprint density at radius 3 is 3.00 bits per heavy atom. The summed E-state index contributed by atoms with van der Waals surface area (Å²) in [6.07, 6.45) is 2.35. The lowest BCUT2D eigenvalue weighted by atomic mass is 9.74. The van der Waals surface area contributed by atoms with Crippen LogP contribution in [0.15, 0.2) is 23.1 Å². The van der Waals surface area contributed by atoms with E-state index in [0.717, 1.165) is 19.5 Å². The highest BCUT2D eigenvalue weighted by Crippen LogP contribution is 2.32. The lowest BCUT2D eigenvalue weighted by Gasteiger charge is -2.39. The predicted octanol–water partition coefficient (Wildman–Crippen LogP) is 2.67. The van der Waals surface area contributed by atoms with Gasteiger partial charge in [-0.3, -0.25) is 4.79 Å². The maximum absolute atomic E-state index is 13.3. The van der Waals surface area contributed by atoms with Crippen molar-refractivity contribution in [2.24, 2.45) is 11.3 Å². The summed E-state index contributed by atoms with van der Waals surface area (Å²) < 4.78 is 13.3. The van der Waals surface area contributed by atoms with Crippen molar-refractivity contribution in [2.75, 3.05) is 25.0 Å². The number of hydrogen-bond acceptors (Lipinski definition) is 5. The summed E-state index contributed by atoms with van der Waals surface area (Å²) in [5.74, 6) is 0.350. The molecular formula is C17H21ClFN5O. The molecule has 3 rings (SSSR count). The number of H-pyrrole nitrogens is 1. The number of piperidine rings is 1. The van der Waals surface area contributed by atoms with Crippen LogP contribution in [0.25, 0.3) is 11.4 Å². The Morgan fingerprint density at radius 1 is 1.48 bits per heavy atom. The number of aromatic amines is 1. The van der Waals surface area contributed by atoms with Gasteiger partial charge in [-0.05, 0) is 30.4 Å². The van der Waals surface area contributed by atoms with Gasteiger partial charge in [0.2, 0.25) is 5.95 Å². The molecule has 1 atom stereocenters. The van der Waals surface area contributed by atoms with Crippen LogP contribution in [0.4, 0.5) is 10.2 Å². The average Bonchev–Trinajstić information content (AvgIpc) is 2.56. The van der Waals surface area contributed by atoms with Crippen LogP contribution in [0.1, 0.15) is 20.3 Å². The predicted molar refractivity (Wildman–Crippen MR) is 96.3 cm³/mol. The van der Waals surface area contributed by atoms with Crippen LogP contribution in [-0.2, 0) is 0 Å². The van der Waals surface area contributed by atoms with E-state index in [1.54, 1.807) is 6.07 Å². The van der Waals surface area contributed by atoms with Gasteiger partial charge in [-0.25, -0.2) is 9.97 Å². The Morgan fingerprint density at radius 2 is 2.28 bits per heavy atom. The van der Waals surface area contributed by atoms with Gasteiger partial charge in [0.25, 0.3) is 5.56 Å². The van der Waals surface area contributed by atoms with E-state index >= 15 is 0 Å². The number of nitrogens with one attached hydrogen (secondary N) is 3. The Bertz CT molecular complexity index is 823. The van der Waals surface area contributed by atoms with Crippen molar-refractivity contribution in [3.63, 3.8) is 0 Å². The minimum absolute atomic E-state index is 0.00465. The molecule has 1 fully saturated rings. The summed E-state index contributed by atoms with van der Waals surface area (Å²) in [4.78, 5) is 22.6. The van der Waals surface area contributed by atoms with Crippen LogP contribution >= 0.6 is 11.6 Å². The molecule has 2 aromatic heterocycles. The molecule has 1 aliphatic rings. The van der Waals surface area contributed by atoms with Gasteiger partial charge in [-0.15, -0.1) is 0 Å². The zero-order valence-electron chi connectivity index (χ0n) is 14.2. The second kappa shape index (κ2) is 7.09. The molecule has 2 aromatic rings. The molecule has 25 heavy (non-hydrogen) atoms. The standard InChI is InChI=1S/C17H21ClFN5O/c1-17(2)9-20-5-4-11(17)8-22-15-13(18)16(25)24-14(23-15)10-3-6-21-12(19)7-10/h3,6-7,11,20H,4-5,8-9H2,1-2H3,(H2,22,23,24,25). The first kappa shape index (κ1) is 17.8. The van der Waals surface area contributed by atoms with Crippen LogP contribution in [0.2, 0.25) is 5.02 Å². The van der Waals surface area contributed by atoms with Crippen molar-refractivity contribution in [3.05, 3.63) is 39.7 Å². The highest BCUT2D eigenvalue weighted by atomic mass is 35.5. The van der Waals surface area contributed by atoms with Crippen molar-refractivity contribution in [3.8, 4) is 11.4 Å². The van der Waals surface area contributed by atoms with Crippen molar-refractivity contribution in [1.82, 2.24) is 20.3 Å². The Kier molecular flexibility index (Phi) is 5.06. The lowest BCUT2D eigenvalue weighted by Crippen LogP contribution is -2.45. The smallest absolute Gasteiger partial charge is 0.272 e. The number of halogens is 2. The molecule has 3 N–H and O–H groups in total. The average molecular weight is 366 g/mol. The number of rotatable bonds is 4. The minimum atomic E-state index is -0.638. The van der Waals surface area contributed by atoms with Crippen LogP contribution < -0.4 is 16.2 Å². The molecule has 0 bridgehead atoms. The third-order valence-electron chi connectivity index (χ3n) is 4.73. The lowest BCUT2D eigenvalue weighted by molar-refractivity contribution is 0.166. The molecule has 8 heteroatoms. The molecule has 1 aliphatic heterocycles. The number of aromatic nitrogens is 3. The van der Waals surface area contributed by atoms with Crippen LogP contribution in [-0.4, -0.2) is 34.6 Å². The van der Waals surface area contributed by atoms with E-state index in [1.807, 2.05) is 0 Å². The summed E-state index contributed by atoms with van der Waals surface area (Å²) in [7, 11) is 0. The first-order valence-corrected chi connectivity index (χ1v) is 8.61. The van der Waals surface area contributed by atoms with Crippen LogP contribution in [0.3, 0.4) is 0 Å². The zero-order valence-corrected chi connectivity index (χ0v) is 15.0. The summed E-state index contributed by atoms with van der Waals surface area (Å²) in [6.45, 7) is 6.99. The molecule has 6 nitrogen and oxygen atoms in total. The SMILES string of the molecule is CC1(C)CNCCC1CNc1nc(-c2ccnc(F)c2)[nH]c(=O)c1Cl. The topological polar surface area (TPSA) is 82.7 Å². The summed E-state index contributed by atoms with van der Waals surface area (Å²) in [5, 5.41) is 6.60. The third-order valence-corrected chi connectivity index (χ3v) is 5.08. The molecule has 0 radical (unpaired) electrons. The van der Waals surface area contributed by atoms with Crippen molar-refractivity contribution in [1.29, 1.82) is 0 Å². The highest BCUT2D eigenvalue weighted by Gasteiger charge is 2.32. The van der Waals surface area contributed by atoms with Crippen molar-refractivity contribution < 1.29 is 4.39 Å². The second-order valence-electron chi connectivity index (χ2n) is 6.98. The number of anilines is 1. The Hall–Kier alpha value is -1.99. The first-order valence-electron chi connectivity index (χ1n) is 8.23. The van der Waals surface area contributed by atoms with E-state index in [-0.39, 0.29) is 16.3 Å². The van der Waals surface area contributed by atoms with Gasteiger partial charge in [0.15, 0.2) is 5.82 Å². The van der Waals surface area contributed by atoms with Gasteiger partial charge < -0.3 is 15.6 Å². The van der Waals surface area contributed by atoms with E-state index < -0.39 is 11.5 Å². The van der Waals surface area contributed by atoms with Crippen molar-refractivity contribution in [2.45, 2.75) is 20.3 Å². The van der Waals surface area contributed by atoms with E-state index in [4.69, 9.17) is 11.6 Å². The van der Waals surface area contributed by atoms with Crippen LogP contribution in [0.5, 0.6) is 0 Å². The fourth-order valence-corrected chi connectivity index (χ4v) is 3.24. The number of pyridine rings is 1. The van der Waals surface area contributed by atoms with E-state index in [9.17, 15) is 9.18 Å². The van der Waals surface area contributed by atoms with Crippen molar-refractivity contribution >= 4 is 17.4 Å². The van der Waals surface area contributed by atoms with Gasteiger partial charge in [0.1, 0.15) is 10.8 Å². The summed E-state index contributed by atoms with van der Waals surface area (Å²) in [6, 6.07) is 2.79. The largest absolute Gasteiger partial charge is 0.368 e. The van der Waals surface area contributed by atoms with Crippen LogP contribution in [0, 0.1) is 17.3 Å². The molecule has 1 unspecified atom stereocenters. The second-order valence-corrected chi connectivity index (χ2v) is 7.35. The first-order chi connectivity index (χ1) is 11.9. The number of hydrogen-bond donors (Lipinski definition) is 3. The molecule has 3 heterocycles. The quantitative estimate of drug-likeness (QED) is 0.725. The van der Waals surface area contributed by atoms with E-state index in [0.29, 0.717) is 23.8 Å². The summed E-state index contributed by atoms with van der Waals surface area (Å²) in [5.41, 5.74) is 0.109. The third kappa shape index (κ3) is 3.99. The maximum Gasteiger partial charge on any atom is 0.272 e. The molecule has 0 amide bonds. The van der Waals surface area contributed by atoms with Gasteiger partial charge in [0.05, 0.1) is 0 Å². The highest BCUT2D eigenvalue weighted by molar-refractivity contribution is 6.32. The summed E-state index contributed by atoms with van der Waals surface area (Å²) >= 11 is 6.11. The molecule has 0 spiro atoms. The molecule has 1 saturated heterocycles. The molecule has 0 aromatic carbocycles. The van der Waals surface area contributed by atoms with Gasteiger partial charge in [-0.1, -0.05) is 25.4 Å². The van der Waals surface area contributed by atoms with Gasteiger partial charge >= 0.3 is 0 Å². The molecular weight excluding hydrogens is 345 g/mol. The molecule has 0 aliphatic carbocycles. The fraction of sp³-hybridized carbons (Fsp3) is 0.471. The monoisotopic (exact) mass is 365 g/mol.